The van der Waals surface area contributed by atoms with Gasteiger partial charge in [0.2, 0.25) is 0 Å². The Bertz CT molecular complexity index is 572. The molecule has 2 aromatic carbocycles. The van der Waals surface area contributed by atoms with Crippen molar-refractivity contribution in [2.24, 2.45) is 0 Å². The van der Waals surface area contributed by atoms with Gasteiger partial charge in [0.25, 0.3) is 0 Å². The second-order valence-electron chi connectivity index (χ2n) is 4.43. The van der Waals surface area contributed by atoms with Crippen LogP contribution in [0.2, 0.25) is 5.02 Å². The second kappa shape index (κ2) is 6.22. The van der Waals surface area contributed by atoms with E-state index >= 15 is 0 Å². The summed E-state index contributed by atoms with van der Waals surface area (Å²) in [7, 11) is 0. The van der Waals surface area contributed by atoms with E-state index < -0.39 is 0 Å². The van der Waals surface area contributed by atoms with Gasteiger partial charge >= 0.3 is 0 Å². The van der Waals surface area contributed by atoms with Crippen molar-refractivity contribution in [1.29, 1.82) is 0 Å². The van der Waals surface area contributed by atoms with Crippen molar-refractivity contribution in [3.05, 3.63) is 47.5 Å². The first-order valence-corrected chi connectivity index (χ1v) is 7.23. The van der Waals surface area contributed by atoms with Crippen molar-refractivity contribution in [2.45, 2.75) is 29.7 Å². The molecule has 19 heavy (non-hydrogen) atoms. The minimum Gasteiger partial charge on any atom is -0.489 e. The van der Waals surface area contributed by atoms with Gasteiger partial charge in [-0.25, -0.2) is 0 Å². The maximum atomic E-state index is 5.98. The first-order valence-electron chi connectivity index (χ1n) is 6.04. The van der Waals surface area contributed by atoms with Gasteiger partial charge in [-0.2, -0.15) is 0 Å². The number of halogens is 1. The lowest BCUT2D eigenvalue weighted by atomic mass is 10.3. The van der Waals surface area contributed by atoms with Crippen molar-refractivity contribution < 1.29 is 4.74 Å². The molecule has 0 aliphatic rings. The van der Waals surface area contributed by atoms with Gasteiger partial charge in [0.1, 0.15) is 5.75 Å². The predicted molar refractivity (Wildman–Crippen MR) is 82.2 cm³/mol. The standard InChI is InChI=1S/C15H16ClNOS/c1-10(2)18-15-9-13(6-7-14(15)17)19-12-5-3-4-11(16)8-12/h3-10H,17H2,1-2H3. The lowest BCUT2D eigenvalue weighted by molar-refractivity contribution is 0.243. The first kappa shape index (κ1) is 14.1. The monoisotopic (exact) mass is 293 g/mol. The number of ether oxygens (including phenoxy) is 1. The molecule has 0 radical (unpaired) electrons. The minimum atomic E-state index is 0.105. The quantitative estimate of drug-likeness (QED) is 0.818. The van der Waals surface area contributed by atoms with Crippen LogP contribution in [0.25, 0.3) is 0 Å². The fourth-order valence-corrected chi connectivity index (χ4v) is 2.76. The highest BCUT2D eigenvalue weighted by molar-refractivity contribution is 7.99. The second-order valence-corrected chi connectivity index (χ2v) is 6.01. The van der Waals surface area contributed by atoms with E-state index in [2.05, 4.69) is 0 Å². The topological polar surface area (TPSA) is 35.2 Å². The van der Waals surface area contributed by atoms with E-state index in [4.69, 9.17) is 22.1 Å². The first-order chi connectivity index (χ1) is 9.04. The highest BCUT2D eigenvalue weighted by Crippen LogP contribution is 2.34. The van der Waals surface area contributed by atoms with Crippen LogP contribution < -0.4 is 10.5 Å². The highest BCUT2D eigenvalue weighted by atomic mass is 35.5. The molecule has 0 saturated heterocycles. The number of nitrogen functional groups attached to an aromatic ring is 1. The molecule has 0 atom stereocenters. The molecule has 0 aromatic heterocycles. The Kier molecular flexibility index (Phi) is 4.61. The van der Waals surface area contributed by atoms with Crippen molar-refractivity contribution in [1.82, 2.24) is 0 Å². The van der Waals surface area contributed by atoms with Crippen LogP contribution in [0.1, 0.15) is 13.8 Å². The number of hydrogen-bond acceptors (Lipinski definition) is 3. The van der Waals surface area contributed by atoms with Gasteiger partial charge < -0.3 is 10.5 Å². The zero-order chi connectivity index (χ0) is 13.8. The van der Waals surface area contributed by atoms with Crippen LogP contribution in [0.15, 0.2) is 52.3 Å². The van der Waals surface area contributed by atoms with Gasteiger partial charge in [-0.1, -0.05) is 29.4 Å². The van der Waals surface area contributed by atoms with Crippen LogP contribution in [-0.4, -0.2) is 6.10 Å². The van der Waals surface area contributed by atoms with Crippen molar-refractivity contribution in [2.75, 3.05) is 5.73 Å². The largest absolute Gasteiger partial charge is 0.489 e. The van der Waals surface area contributed by atoms with E-state index in [1.165, 1.54) is 0 Å². The third kappa shape index (κ3) is 4.08. The zero-order valence-electron chi connectivity index (χ0n) is 10.9. The third-order valence-electron chi connectivity index (χ3n) is 2.38. The van der Waals surface area contributed by atoms with Gasteiger partial charge in [-0.3, -0.25) is 0 Å². The normalized spacial score (nSPS) is 10.7. The molecule has 2 N–H and O–H groups in total. The summed E-state index contributed by atoms with van der Waals surface area (Å²) in [6.45, 7) is 3.96. The van der Waals surface area contributed by atoms with E-state index in [0.29, 0.717) is 5.69 Å². The molecule has 0 amide bonds. The Morgan fingerprint density at radius 1 is 1.11 bits per heavy atom. The lowest BCUT2D eigenvalue weighted by Crippen LogP contribution is -2.07. The number of anilines is 1. The van der Waals surface area contributed by atoms with E-state index in [0.717, 1.165) is 20.6 Å². The fourth-order valence-electron chi connectivity index (χ4n) is 1.60. The fraction of sp³-hybridized carbons (Fsp3) is 0.200. The summed E-state index contributed by atoms with van der Waals surface area (Å²) in [6, 6.07) is 13.6. The van der Waals surface area contributed by atoms with Gasteiger partial charge in [0.15, 0.2) is 0 Å². The maximum absolute atomic E-state index is 5.98. The Balaban J connectivity index is 2.21. The summed E-state index contributed by atoms with van der Waals surface area (Å²) in [5.41, 5.74) is 6.56. The molecule has 0 spiro atoms. The van der Waals surface area contributed by atoms with Crippen LogP contribution in [0.5, 0.6) is 5.75 Å². The Morgan fingerprint density at radius 2 is 1.84 bits per heavy atom. The van der Waals surface area contributed by atoms with E-state index in [1.54, 1.807) is 11.8 Å². The zero-order valence-corrected chi connectivity index (χ0v) is 12.5. The molecule has 0 aliphatic heterocycles. The molecule has 0 fully saturated rings. The summed E-state index contributed by atoms with van der Waals surface area (Å²) >= 11 is 7.61. The van der Waals surface area contributed by atoms with Crippen molar-refractivity contribution in [3.63, 3.8) is 0 Å². The molecule has 0 bridgehead atoms. The highest BCUT2D eigenvalue weighted by Gasteiger charge is 2.06. The molecule has 0 aliphatic carbocycles. The van der Waals surface area contributed by atoms with Gasteiger partial charge in [-0.05, 0) is 50.2 Å². The summed E-state index contributed by atoms with van der Waals surface area (Å²) in [4.78, 5) is 2.17. The Morgan fingerprint density at radius 3 is 2.53 bits per heavy atom. The average molecular weight is 294 g/mol. The number of nitrogens with two attached hydrogens (primary N) is 1. The lowest BCUT2D eigenvalue weighted by Gasteiger charge is -2.13. The van der Waals surface area contributed by atoms with Crippen molar-refractivity contribution >= 4 is 29.1 Å². The van der Waals surface area contributed by atoms with E-state index in [1.807, 2.05) is 56.3 Å². The molecule has 0 heterocycles. The Hall–Kier alpha value is -1.32. The number of benzene rings is 2. The Labute approximate surface area is 122 Å². The number of rotatable bonds is 4. The molecule has 0 unspecified atom stereocenters. The van der Waals surface area contributed by atoms with Gasteiger partial charge in [0.05, 0.1) is 11.8 Å². The summed E-state index contributed by atoms with van der Waals surface area (Å²) in [6.07, 6.45) is 0.105. The SMILES string of the molecule is CC(C)Oc1cc(Sc2cccc(Cl)c2)ccc1N. The van der Waals surface area contributed by atoms with E-state index in [9.17, 15) is 0 Å². The molecular formula is C15H16ClNOS. The van der Waals surface area contributed by atoms with Crippen LogP contribution >= 0.6 is 23.4 Å². The maximum Gasteiger partial charge on any atom is 0.143 e. The molecular weight excluding hydrogens is 278 g/mol. The molecule has 4 heteroatoms. The van der Waals surface area contributed by atoms with Crippen molar-refractivity contribution in [3.8, 4) is 5.75 Å². The number of hydrogen-bond donors (Lipinski definition) is 1. The van der Waals surface area contributed by atoms with E-state index in [-0.39, 0.29) is 6.10 Å². The predicted octanol–water partition coefficient (Wildman–Crippen LogP) is 4.86. The minimum absolute atomic E-state index is 0.105. The molecule has 2 aromatic rings. The van der Waals surface area contributed by atoms with Crippen LogP contribution in [0, 0.1) is 0 Å². The average Bonchev–Trinajstić information content (AvgIpc) is 2.33. The van der Waals surface area contributed by atoms with Gasteiger partial charge in [0, 0.05) is 14.8 Å². The van der Waals surface area contributed by atoms with Gasteiger partial charge in [-0.15, -0.1) is 0 Å². The third-order valence-corrected chi connectivity index (χ3v) is 3.59. The molecule has 100 valence electrons. The van der Waals surface area contributed by atoms with Crippen LogP contribution in [-0.2, 0) is 0 Å². The van der Waals surface area contributed by atoms with Crippen LogP contribution in [0.3, 0.4) is 0 Å². The summed E-state index contributed by atoms with van der Waals surface area (Å²) < 4.78 is 5.68. The molecule has 0 saturated carbocycles. The summed E-state index contributed by atoms with van der Waals surface area (Å²) in [5, 5.41) is 0.735. The summed E-state index contributed by atoms with van der Waals surface area (Å²) in [5.74, 6) is 0.724. The van der Waals surface area contributed by atoms with Crippen LogP contribution in [0.4, 0.5) is 5.69 Å². The smallest absolute Gasteiger partial charge is 0.143 e. The molecule has 2 nitrogen and oxygen atoms in total. The molecule has 2 rings (SSSR count).